The van der Waals surface area contributed by atoms with Gasteiger partial charge in [-0.25, -0.2) is 0 Å². The number of aliphatic hydroxyl groups is 2. The second kappa shape index (κ2) is 7.58. The average Bonchev–Trinajstić information content (AvgIpc) is 3.37. The van der Waals surface area contributed by atoms with Gasteiger partial charge in [-0.2, -0.15) is 0 Å². The summed E-state index contributed by atoms with van der Waals surface area (Å²) in [6.45, 7) is 6.21. The monoisotopic (exact) mass is 418 g/mol. The van der Waals surface area contributed by atoms with E-state index in [0.29, 0.717) is 12.3 Å². The molecule has 30 heavy (non-hydrogen) atoms. The molecule has 3 saturated carbocycles. The van der Waals surface area contributed by atoms with E-state index in [0.717, 1.165) is 44.5 Å². The van der Waals surface area contributed by atoms with Crippen molar-refractivity contribution in [2.75, 3.05) is 19.7 Å². The number of hydrogen-bond acceptors (Lipinski definition) is 6. The van der Waals surface area contributed by atoms with E-state index in [1.807, 2.05) is 0 Å². The van der Waals surface area contributed by atoms with Crippen molar-refractivity contribution < 1.29 is 19.8 Å². The zero-order chi connectivity index (χ0) is 21.1. The van der Waals surface area contributed by atoms with Crippen molar-refractivity contribution in [3.05, 3.63) is 11.8 Å². The van der Waals surface area contributed by atoms with Crippen LogP contribution in [0.25, 0.3) is 0 Å². The number of aliphatic hydroxyl groups excluding tert-OH is 2. The van der Waals surface area contributed by atoms with Crippen LogP contribution >= 0.6 is 0 Å². The molecule has 6 heteroatoms. The van der Waals surface area contributed by atoms with Crippen LogP contribution in [0.15, 0.2) is 11.8 Å². The Morgan fingerprint density at radius 1 is 1.20 bits per heavy atom. The Bertz CT molecular complexity index is 720. The molecule has 168 valence electrons. The molecule has 4 fully saturated rings. The van der Waals surface area contributed by atoms with Crippen molar-refractivity contribution in [3.63, 3.8) is 0 Å². The Morgan fingerprint density at radius 3 is 2.77 bits per heavy atom. The molecule has 0 aromatic heterocycles. The average molecular weight is 419 g/mol. The predicted octanol–water partition coefficient (Wildman–Crippen LogP) is 2.16. The molecule has 4 N–H and O–H groups in total. The quantitative estimate of drug-likeness (QED) is 0.523. The van der Waals surface area contributed by atoms with Crippen LogP contribution in [0.3, 0.4) is 0 Å². The zero-order valence-electron chi connectivity index (χ0n) is 18.4. The molecule has 6 nitrogen and oxygen atoms in total. The maximum atomic E-state index is 13.6. The van der Waals surface area contributed by atoms with Crippen LogP contribution in [0, 0.1) is 40.4 Å². The Hall–Kier alpha value is -0.950. The Kier molecular flexibility index (Phi) is 5.28. The summed E-state index contributed by atoms with van der Waals surface area (Å²) >= 11 is 0. The molecule has 9 atom stereocenters. The number of allylic oxidation sites excluding steroid dienone is 2. The van der Waals surface area contributed by atoms with Crippen molar-refractivity contribution in [2.24, 2.45) is 40.4 Å². The van der Waals surface area contributed by atoms with Gasteiger partial charge in [0, 0.05) is 36.3 Å². The Morgan fingerprint density at radius 2 is 2.03 bits per heavy atom. The lowest BCUT2D eigenvalue weighted by atomic mass is 9.42. The highest BCUT2D eigenvalue weighted by Crippen LogP contribution is 2.66. The summed E-state index contributed by atoms with van der Waals surface area (Å²) < 4.78 is 0. The zero-order valence-corrected chi connectivity index (χ0v) is 18.4. The molecule has 0 amide bonds. The fourth-order valence-electron chi connectivity index (χ4n) is 8.14. The number of hydrogen-bond donors (Lipinski definition) is 4. The first kappa shape index (κ1) is 20.9. The summed E-state index contributed by atoms with van der Waals surface area (Å²) in [5.74, 6) is 0.611. The number of rotatable bonds is 4. The van der Waals surface area contributed by atoms with Gasteiger partial charge in [0.15, 0.2) is 5.78 Å². The third-order valence-electron chi connectivity index (χ3n) is 9.86. The van der Waals surface area contributed by atoms with E-state index >= 15 is 0 Å². The van der Waals surface area contributed by atoms with Crippen LogP contribution < -0.4 is 10.8 Å². The molecule has 0 spiro atoms. The van der Waals surface area contributed by atoms with Gasteiger partial charge in [-0.15, -0.1) is 0 Å². The van der Waals surface area contributed by atoms with Crippen LogP contribution in [0.1, 0.15) is 58.8 Å². The Balaban J connectivity index is 1.44. The number of carbonyl (C=O) groups is 1. The molecule has 1 aliphatic heterocycles. The van der Waals surface area contributed by atoms with Gasteiger partial charge in [-0.1, -0.05) is 20.3 Å². The molecule has 1 heterocycles. The highest BCUT2D eigenvalue weighted by atomic mass is 16.7. The lowest BCUT2D eigenvalue weighted by molar-refractivity contribution is -0.190. The molecular formula is C24H38N2O4. The number of carbonyl (C=O) groups excluding carboxylic acids is 1. The van der Waals surface area contributed by atoms with Gasteiger partial charge in [0.2, 0.25) is 0 Å². The lowest BCUT2D eigenvalue weighted by Gasteiger charge is -2.62. The SMILES string of the molecule is C[C@@]12CCCC1C1C(CC2)[C@@]2(C)C(=O)C=C(NOC3CCNC3)CC2[C@@H](CO)[C@H]1O. The molecule has 0 aromatic carbocycles. The number of hydroxylamine groups is 1. The lowest BCUT2D eigenvalue weighted by Crippen LogP contribution is -2.64. The van der Waals surface area contributed by atoms with Crippen molar-refractivity contribution in [3.8, 4) is 0 Å². The van der Waals surface area contributed by atoms with Gasteiger partial charge < -0.3 is 15.5 Å². The van der Waals surface area contributed by atoms with Crippen molar-refractivity contribution >= 4 is 5.78 Å². The largest absolute Gasteiger partial charge is 0.396 e. The van der Waals surface area contributed by atoms with Crippen molar-refractivity contribution in [1.29, 1.82) is 0 Å². The summed E-state index contributed by atoms with van der Waals surface area (Å²) in [6, 6.07) is 0. The van der Waals surface area contributed by atoms with Gasteiger partial charge in [-0.05, 0) is 74.2 Å². The van der Waals surface area contributed by atoms with Crippen molar-refractivity contribution in [2.45, 2.75) is 71.0 Å². The van der Waals surface area contributed by atoms with Crippen LogP contribution in [-0.2, 0) is 9.63 Å². The summed E-state index contributed by atoms with van der Waals surface area (Å²) in [5.41, 5.74) is 3.62. The molecule has 0 bridgehead atoms. The molecule has 4 aliphatic carbocycles. The van der Waals surface area contributed by atoms with E-state index < -0.39 is 11.5 Å². The summed E-state index contributed by atoms with van der Waals surface area (Å²) in [7, 11) is 0. The van der Waals surface area contributed by atoms with Crippen LogP contribution in [0.4, 0.5) is 0 Å². The minimum Gasteiger partial charge on any atom is -0.396 e. The van der Waals surface area contributed by atoms with E-state index in [1.54, 1.807) is 6.08 Å². The molecule has 5 unspecified atom stereocenters. The number of nitrogens with one attached hydrogen (secondary N) is 2. The minimum absolute atomic E-state index is 0.0604. The van der Waals surface area contributed by atoms with Gasteiger partial charge >= 0.3 is 0 Å². The molecule has 5 rings (SSSR count). The first-order valence-corrected chi connectivity index (χ1v) is 12.0. The van der Waals surface area contributed by atoms with E-state index in [9.17, 15) is 15.0 Å². The van der Waals surface area contributed by atoms with Crippen molar-refractivity contribution in [1.82, 2.24) is 10.8 Å². The van der Waals surface area contributed by atoms with Crippen LogP contribution in [0.5, 0.6) is 0 Å². The predicted molar refractivity (Wildman–Crippen MR) is 113 cm³/mol. The summed E-state index contributed by atoms with van der Waals surface area (Å²) in [6.07, 6.45) is 8.69. The van der Waals surface area contributed by atoms with Gasteiger partial charge in [-0.3, -0.25) is 15.1 Å². The number of fused-ring (bicyclic) bond motifs is 5. The van der Waals surface area contributed by atoms with Gasteiger partial charge in [0.25, 0.3) is 0 Å². The third kappa shape index (κ3) is 3.01. The second-order valence-electron chi connectivity index (χ2n) is 11.2. The van der Waals surface area contributed by atoms with Gasteiger partial charge in [0.05, 0.1) is 12.2 Å². The summed E-state index contributed by atoms with van der Waals surface area (Å²) in [5, 5.41) is 25.1. The molecule has 0 radical (unpaired) electrons. The molecule has 5 aliphatic rings. The van der Waals surface area contributed by atoms with E-state index in [4.69, 9.17) is 4.84 Å². The van der Waals surface area contributed by atoms with Crippen LogP contribution in [0.2, 0.25) is 0 Å². The maximum absolute atomic E-state index is 13.6. The normalized spacial score (nSPS) is 50.5. The van der Waals surface area contributed by atoms with E-state index in [-0.39, 0.29) is 47.6 Å². The third-order valence-corrected chi connectivity index (χ3v) is 9.86. The molecular weight excluding hydrogens is 380 g/mol. The standard InChI is InChI=1S/C24H38N2O4/c1-23-7-3-4-17(23)21-18(5-8-23)24(2)19(16(13-27)22(21)29)10-14(11-20(24)28)26-30-15-6-9-25-12-15/h11,15-19,21-22,25-27,29H,3-10,12-13H2,1-2H3/t15?,16-,17?,18?,19?,21?,22-,23+,24-/m1/s1. The maximum Gasteiger partial charge on any atom is 0.163 e. The Labute approximate surface area is 179 Å². The smallest absolute Gasteiger partial charge is 0.163 e. The topological polar surface area (TPSA) is 90.8 Å². The highest BCUT2D eigenvalue weighted by molar-refractivity contribution is 5.96. The van der Waals surface area contributed by atoms with Crippen LogP contribution in [-0.4, -0.2) is 47.9 Å². The fourth-order valence-corrected chi connectivity index (χ4v) is 8.14. The first-order valence-electron chi connectivity index (χ1n) is 12.0. The molecule has 1 saturated heterocycles. The second-order valence-corrected chi connectivity index (χ2v) is 11.2. The highest BCUT2D eigenvalue weighted by Gasteiger charge is 2.65. The molecule has 0 aromatic rings. The first-order chi connectivity index (χ1) is 14.4. The number of ketones is 1. The fraction of sp³-hybridized carbons (Fsp3) is 0.875. The minimum atomic E-state index is -0.534. The summed E-state index contributed by atoms with van der Waals surface area (Å²) in [4.78, 5) is 19.4. The van der Waals surface area contributed by atoms with E-state index in [1.165, 1.54) is 12.8 Å². The van der Waals surface area contributed by atoms with Gasteiger partial charge in [0.1, 0.15) is 0 Å². The van der Waals surface area contributed by atoms with E-state index in [2.05, 4.69) is 24.6 Å².